The van der Waals surface area contributed by atoms with Gasteiger partial charge in [0.1, 0.15) is 0 Å². The van der Waals surface area contributed by atoms with Crippen LogP contribution < -0.4 is 29.6 Å². The predicted octanol–water partition coefficient (Wildman–Crippen LogP) is 0.0567. The van der Waals surface area contributed by atoms with E-state index < -0.39 is 5.97 Å². The molecule has 0 fully saturated rings. The van der Waals surface area contributed by atoms with E-state index in [1.165, 1.54) is 0 Å². The molecular weight excluding hydrogens is 323 g/mol. The Kier molecular flexibility index (Phi) is 16.3. The van der Waals surface area contributed by atoms with Crippen LogP contribution in [-0.4, -0.2) is 11.1 Å². The number of rotatable bonds is 2. The Morgan fingerprint density at radius 1 is 1.21 bits per heavy atom. The summed E-state index contributed by atoms with van der Waals surface area (Å²) in [5.74, 6) is -0.922. The number of carboxylic acids is 1. The van der Waals surface area contributed by atoms with Crippen LogP contribution in [0.1, 0.15) is 6.99 Å². The van der Waals surface area contributed by atoms with Gasteiger partial charge in [-0.3, -0.25) is 0 Å². The molecule has 0 aliphatic carbocycles. The number of aliphatic carboxylic acids is 1. The fourth-order valence-electron chi connectivity index (χ4n) is 0.732. The van der Waals surface area contributed by atoms with Gasteiger partial charge < -0.3 is 6.53 Å². The smallest absolute Gasteiger partial charge is 1.00 e. The molecule has 0 aliphatic rings. The van der Waals surface area contributed by atoms with E-state index in [4.69, 9.17) is 5.11 Å². The van der Waals surface area contributed by atoms with E-state index in [0.29, 0.717) is 0 Å². The van der Waals surface area contributed by atoms with E-state index in [1.807, 2.05) is 30.3 Å². The average molecular weight is 334 g/mol. The van der Waals surface area contributed by atoms with Crippen molar-refractivity contribution in [2.75, 3.05) is 0 Å². The van der Waals surface area contributed by atoms with Crippen molar-refractivity contribution in [3.8, 4) is 0 Å². The Morgan fingerprint density at radius 2 is 1.71 bits per heavy atom. The van der Waals surface area contributed by atoms with Gasteiger partial charge in [-0.2, -0.15) is 0 Å². The normalized spacial score (nSPS) is 8.00. The molecule has 1 aromatic carbocycles. The number of halogens is 2. The van der Waals surface area contributed by atoms with Crippen molar-refractivity contribution in [3.05, 3.63) is 42.0 Å². The van der Waals surface area contributed by atoms with E-state index in [9.17, 15) is 4.79 Å². The van der Waals surface area contributed by atoms with Gasteiger partial charge in [0.2, 0.25) is 0 Å². The summed E-state index contributed by atoms with van der Waals surface area (Å²) in [4.78, 5) is 10.1. The van der Waals surface area contributed by atoms with Crippen molar-refractivity contribution in [1.82, 2.24) is 0 Å². The Hall–Kier alpha value is 0.390. The van der Waals surface area contributed by atoms with Gasteiger partial charge in [-0.25, -0.2) is 4.79 Å². The molecule has 0 unspecified atom stereocenters. The minimum absolute atomic E-state index is 0. The first kappa shape index (κ1) is 19.9. The van der Waals surface area contributed by atoms with E-state index in [-0.39, 0.29) is 64.9 Å². The summed E-state index contributed by atoms with van der Waals surface area (Å²) in [6, 6.07) is 9.31. The summed E-state index contributed by atoms with van der Waals surface area (Å²) in [7, 11) is 0. The molecule has 14 heavy (non-hydrogen) atoms. The maximum absolute atomic E-state index is 10.1. The summed E-state index contributed by atoms with van der Waals surface area (Å²) < 4.78 is 0. The predicted molar refractivity (Wildman–Crippen MR) is 64.9 cm³/mol. The van der Waals surface area contributed by atoms with Crippen molar-refractivity contribution in [1.29, 1.82) is 0 Å². The van der Waals surface area contributed by atoms with Gasteiger partial charge in [0, 0.05) is 6.08 Å². The van der Waals surface area contributed by atoms with Crippen LogP contribution in [0.4, 0.5) is 0 Å². The van der Waals surface area contributed by atoms with Gasteiger partial charge in [0.25, 0.3) is 0 Å². The molecule has 1 N–H and O–H groups in total. The van der Waals surface area contributed by atoms with Crippen LogP contribution in [0.25, 0.3) is 6.08 Å². The third-order valence-electron chi connectivity index (χ3n) is 1.22. The summed E-state index contributed by atoms with van der Waals surface area (Å²) >= 11 is 0. The second-order valence-electron chi connectivity index (χ2n) is 2.08. The zero-order chi connectivity index (χ0) is 8.10. The number of carboxylic acid groups (broad SMARTS) is 1. The molecule has 0 aliphatic heterocycles. The van der Waals surface area contributed by atoms with Crippen LogP contribution in [0.15, 0.2) is 36.4 Å². The standard InChI is InChI=1S/C9H8O2.2BrH.Na.H/c10-9(11)7-6-8-4-2-1-3-5-8;;;;/h1-7H,(H,10,11);2*1H;;/q;;;+1;-1/b7-6+;;;;. The maximum atomic E-state index is 10.1. The van der Waals surface area contributed by atoms with Crippen molar-refractivity contribution in [2.45, 2.75) is 0 Å². The molecule has 0 aromatic heterocycles. The van der Waals surface area contributed by atoms with Gasteiger partial charge >= 0.3 is 35.5 Å². The molecule has 0 heterocycles. The molecule has 74 valence electrons. The second kappa shape index (κ2) is 11.5. The summed E-state index contributed by atoms with van der Waals surface area (Å²) in [5.41, 5.74) is 0.898. The molecule has 0 atom stereocenters. The quantitative estimate of drug-likeness (QED) is 0.614. The van der Waals surface area contributed by atoms with Crippen LogP contribution in [0.3, 0.4) is 0 Å². The fourth-order valence-corrected chi connectivity index (χ4v) is 0.732. The summed E-state index contributed by atoms with van der Waals surface area (Å²) in [6.07, 6.45) is 2.68. The minimum atomic E-state index is -0.922. The van der Waals surface area contributed by atoms with Gasteiger partial charge in [0.05, 0.1) is 0 Å². The topological polar surface area (TPSA) is 37.3 Å². The number of hydrogen-bond donors (Lipinski definition) is 1. The number of benzene rings is 1. The largest absolute Gasteiger partial charge is 1.00 e. The molecule has 0 amide bonds. The molecular formula is C9H11Br2NaO2. The zero-order valence-electron chi connectivity index (χ0n) is 8.71. The first-order valence-electron chi connectivity index (χ1n) is 3.25. The van der Waals surface area contributed by atoms with Gasteiger partial charge in [0.15, 0.2) is 0 Å². The monoisotopic (exact) mass is 332 g/mol. The molecule has 1 rings (SSSR count). The van der Waals surface area contributed by atoms with Gasteiger partial charge in [-0.15, -0.1) is 34.0 Å². The van der Waals surface area contributed by atoms with Crippen molar-refractivity contribution < 1.29 is 40.9 Å². The second-order valence-corrected chi connectivity index (χ2v) is 2.08. The van der Waals surface area contributed by atoms with E-state index in [1.54, 1.807) is 6.08 Å². The SMILES string of the molecule is Br.Br.O=C(O)/C=C/c1ccccc1.[H-].[Na+]. The van der Waals surface area contributed by atoms with Crippen LogP contribution in [-0.2, 0) is 4.79 Å². The Balaban J connectivity index is -0.000000151. The molecule has 0 bridgehead atoms. The van der Waals surface area contributed by atoms with Crippen molar-refractivity contribution in [2.24, 2.45) is 0 Å². The Morgan fingerprint density at radius 3 is 2.14 bits per heavy atom. The molecule has 0 saturated carbocycles. The Labute approximate surface area is 128 Å². The van der Waals surface area contributed by atoms with E-state index in [2.05, 4.69) is 0 Å². The van der Waals surface area contributed by atoms with Crippen LogP contribution in [0, 0.1) is 0 Å². The minimum Gasteiger partial charge on any atom is -1.00 e. The fraction of sp³-hybridized carbons (Fsp3) is 0. The average Bonchev–Trinajstić information content (AvgIpc) is 2.03. The third-order valence-corrected chi connectivity index (χ3v) is 1.22. The molecule has 1 aromatic rings. The first-order valence-corrected chi connectivity index (χ1v) is 3.25. The summed E-state index contributed by atoms with van der Waals surface area (Å²) in [6.45, 7) is 0. The molecule has 5 heteroatoms. The molecule has 0 radical (unpaired) electrons. The number of hydrogen-bond acceptors (Lipinski definition) is 1. The first-order chi connectivity index (χ1) is 5.29. The Bertz CT molecular complexity index is 281. The van der Waals surface area contributed by atoms with Crippen LogP contribution in [0.2, 0.25) is 0 Å². The maximum Gasteiger partial charge on any atom is 1.00 e. The number of carbonyl (C=O) groups is 1. The zero-order valence-corrected chi connectivity index (χ0v) is 13.1. The van der Waals surface area contributed by atoms with Crippen molar-refractivity contribution in [3.63, 3.8) is 0 Å². The van der Waals surface area contributed by atoms with Gasteiger partial charge in [-0.1, -0.05) is 30.3 Å². The molecule has 0 saturated heterocycles. The molecule has 0 spiro atoms. The van der Waals surface area contributed by atoms with Crippen molar-refractivity contribution >= 4 is 46.0 Å². The summed E-state index contributed by atoms with van der Waals surface area (Å²) in [5, 5.41) is 8.29. The van der Waals surface area contributed by atoms with Gasteiger partial charge in [-0.05, 0) is 11.6 Å². The van der Waals surface area contributed by atoms with E-state index in [0.717, 1.165) is 11.6 Å². The van der Waals surface area contributed by atoms with Crippen LogP contribution in [0.5, 0.6) is 0 Å². The van der Waals surface area contributed by atoms with E-state index >= 15 is 0 Å². The van der Waals surface area contributed by atoms with Crippen LogP contribution >= 0.6 is 34.0 Å². The third kappa shape index (κ3) is 8.97. The molecule has 2 nitrogen and oxygen atoms in total.